The number of carbonyl (C=O) groups is 3. The van der Waals surface area contributed by atoms with Crippen molar-refractivity contribution in [1.82, 2.24) is 35.4 Å². The molecule has 2 aromatic carbocycles. The van der Waals surface area contributed by atoms with Crippen LogP contribution in [0.25, 0.3) is 10.9 Å². The van der Waals surface area contributed by atoms with Crippen molar-refractivity contribution >= 4 is 40.3 Å². The Balaban J connectivity index is 1.29. The third-order valence-corrected chi connectivity index (χ3v) is 6.81. The SMILES string of the molecule is CC(=O)c1cn(CC(=O)N2C[C@H](F)C[C@@H]2OC(=O)NCc2cccc(Cl)c2F)c2cc(OCc3nnn[nH]3)ccc12. The fourth-order valence-corrected chi connectivity index (χ4v) is 4.74. The number of nitrogens with one attached hydrogen (secondary N) is 2. The van der Waals surface area contributed by atoms with Crippen LogP contribution in [-0.4, -0.2) is 66.8 Å². The van der Waals surface area contributed by atoms with Gasteiger partial charge in [-0.3, -0.25) is 9.59 Å². The van der Waals surface area contributed by atoms with Gasteiger partial charge in [-0.05, 0) is 35.5 Å². The van der Waals surface area contributed by atoms with Crippen molar-refractivity contribution in [3.8, 4) is 5.75 Å². The van der Waals surface area contributed by atoms with Crippen LogP contribution in [0.5, 0.6) is 5.75 Å². The molecule has 0 bridgehead atoms. The minimum atomic E-state index is -1.41. The number of amides is 2. The van der Waals surface area contributed by atoms with E-state index in [0.29, 0.717) is 28.0 Å². The molecule has 1 saturated heterocycles. The number of nitrogens with zero attached hydrogens (tertiary/aromatic N) is 5. The molecule has 214 valence electrons. The number of ether oxygens (including phenoxy) is 2. The van der Waals surface area contributed by atoms with Crippen LogP contribution < -0.4 is 10.1 Å². The minimum absolute atomic E-state index is 0.0639. The highest BCUT2D eigenvalue weighted by atomic mass is 35.5. The van der Waals surface area contributed by atoms with E-state index in [1.54, 1.807) is 29.0 Å². The van der Waals surface area contributed by atoms with E-state index >= 15 is 0 Å². The molecule has 3 heterocycles. The van der Waals surface area contributed by atoms with Crippen molar-refractivity contribution in [3.63, 3.8) is 0 Å². The molecule has 5 rings (SSSR count). The first-order chi connectivity index (χ1) is 19.7. The van der Waals surface area contributed by atoms with Crippen molar-refractivity contribution in [2.45, 2.75) is 45.4 Å². The molecule has 4 aromatic rings. The highest BCUT2D eigenvalue weighted by molar-refractivity contribution is 6.30. The van der Waals surface area contributed by atoms with Gasteiger partial charge in [0, 0.05) is 41.7 Å². The number of alkyl carbamates (subject to hydrolysis) is 1. The van der Waals surface area contributed by atoms with E-state index in [4.69, 9.17) is 21.1 Å². The quantitative estimate of drug-likeness (QED) is 0.283. The first kappa shape index (κ1) is 28.0. The smallest absolute Gasteiger partial charge is 0.409 e. The largest absolute Gasteiger partial charge is 0.485 e. The molecule has 1 aliphatic rings. The molecule has 15 heteroatoms. The van der Waals surface area contributed by atoms with Gasteiger partial charge < -0.3 is 24.3 Å². The molecule has 2 amide bonds. The van der Waals surface area contributed by atoms with Crippen molar-refractivity contribution in [2.75, 3.05) is 6.54 Å². The normalized spacial score (nSPS) is 16.6. The monoisotopic (exact) mass is 587 g/mol. The van der Waals surface area contributed by atoms with Gasteiger partial charge in [0.25, 0.3) is 0 Å². The highest BCUT2D eigenvalue weighted by Crippen LogP contribution is 2.28. The van der Waals surface area contributed by atoms with Crippen LogP contribution in [0.2, 0.25) is 5.02 Å². The van der Waals surface area contributed by atoms with Crippen LogP contribution in [0.15, 0.2) is 42.6 Å². The number of alkyl halides is 1. The van der Waals surface area contributed by atoms with E-state index in [0.717, 1.165) is 4.90 Å². The second kappa shape index (κ2) is 11.9. The number of likely N-dealkylation sites (tertiary alicyclic amines) is 1. The summed E-state index contributed by atoms with van der Waals surface area (Å²) in [6.07, 6.45) is -2.22. The molecule has 1 fully saturated rings. The first-order valence-corrected chi connectivity index (χ1v) is 12.9. The van der Waals surface area contributed by atoms with Crippen LogP contribution in [0.1, 0.15) is 35.1 Å². The number of ketones is 1. The number of carbonyl (C=O) groups excluding carboxylic acids is 3. The third-order valence-electron chi connectivity index (χ3n) is 6.52. The van der Waals surface area contributed by atoms with Crippen molar-refractivity contribution in [3.05, 3.63) is 70.4 Å². The molecule has 1 aliphatic heterocycles. The zero-order valence-electron chi connectivity index (χ0n) is 21.6. The van der Waals surface area contributed by atoms with Gasteiger partial charge in [0.1, 0.15) is 30.9 Å². The molecule has 0 unspecified atom stereocenters. The summed E-state index contributed by atoms with van der Waals surface area (Å²) in [5, 5.41) is 16.2. The Hall–Kier alpha value is -4.59. The lowest BCUT2D eigenvalue weighted by Crippen LogP contribution is -2.42. The van der Waals surface area contributed by atoms with E-state index in [1.807, 2.05) is 0 Å². The van der Waals surface area contributed by atoms with Gasteiger partial charge in [0.15, 0.2) is 17.8 Å². The molecule has 0 saturated carbocycles. The lowest BCUT2D eigenvalue weighted by molar-refractivity contribution is -0.138. The Bertz CT molecular complexity index is 1600. The molecule has 2 atom stereocenters. The molecule has 12 nitrogen and oxygen atoms in total. The van der Waals surface area contributed by atoms with E-state index in [2.05, 4.69) is 25.9 Å². The fourth-order valence-electron chi connectivity index (χ4n) is 4.54. The number of halogens is 3. The summed E-state index contributed by atoms with van der Waals surface area (Å²) in [5.41, 5.74) is 1.06. The van der Waals surface area contributed by atoms with Crippen LogP contribution >= 0.6 is 11.6 Å². The van der Waals surface area contributed by atoms with Crippen molar-refractivity contribution in [2.24, 2.45) is 0 Å². The molecule has 0 radical (unpaired) electrons. The molecular formula is C26H24ClF2N7O5. The molecule has 0 aliphatic carbocycles. The summed E-state index contributed by atoms with van der Waals surface area (Å²) in [6, 6.07) is 9.40. The summed E-state index contributed by atoms with van der Waals surface area (Å²) < 4.78 is 41.1. The number of benzene rings is 2. The average Bonchev–Trinajstić information content (AvgIpc) is 3.67. The van der Waals surface area contributed by atoms with E-state index in [1.165, 1.54) is 25.1 Å². The molecule has 0 spiro atoms. The Morgan fingerprint density at radius 2 is 2.07 bits per heavy atom. The van der Waals surface area contributed by atoms with Gasteiger partial charge in [-0.1, -0.05) is 23.7 Å². The number of hydrogen-bond donors (Lipinski definition) is 2. The standard InChI is InChI=1S/C26H24ClF2N7O5/c1-14(37)19-11-35(21-8-17(5-6-18(19)21)40-13-22-31-33-34-32-22)12-23(38)36-10-16(28)7-24(36)41-26(39)30-9-15-3-2-4-20(27)25(15)29/h2-6,8,11,16,24H,7,9-10,12-13H2,1H3,(H,30,39)(H,31,32,33,34)/t16-,24+/m1/s1. The maximum absolute atomic E-state index is 14.4. The predicted molar refractivity (Wildman–Crippen MR) is 140 cm³/mol. The molecular weight excluding hydrogens is 564 g/mol. The Morgan fingerprint density at radius 3 is 2.83 bits per heavy atom. The fraction of sp³-hybridized carbons (Fsp3) is 0.308. The molecule has 2 N–H and O–H groups in total. The van der Waals surface area contributed by atoms with Crippen molar-refractivity contribution < 1.29 is 32.6 Å². The lowest BCUT2D eigenvalue weighted by Gasteiger charge is -2.24. The van der Waals surface area contributed by atoms with Gasteiger partial charge in [-0.25, -0.2) is 18.7 Å². The first-order valence-electron chi connectivity index (χ1n) is 12.5. The maximum atomic E-state index is 14.4. The number of aromatic amines is 1. The molecule has 41 heavy (non-hydrogen) atoms. The lowest BCUT2D eigenvalue weighted by atomic mass is 10.1. The summed E-state index contributed by atoms with van der Waals surface area (Å²) in [6.45, 7) is 0.716. The minimum Gasteiger partial charge on any atom is -0.485 e. The third kappa shape index (κ3) is 6.27. The van der Waals surface area contributed by atoms with Crippen molar-refractivity contribution in [1.29, 1.82) is 0 Å². The Labute approximate surface area is 236 Å². The number of rotatable bonds is 9. The van der Waals surface area contributed by atoms with E-state index in [9.17, 15) is 23.2 Å². The summed E-state index contributed by atoms with van der Waals surface area (Å²) >= 11 is 5.76. The maximum Gasteiger partial charge on any atom is 0.409 e. The van der Waals surface area contributed by atoms with Crippen LogP contribution in [0.4, 0.5) is 13.6 Å². The number of Topliss-reactive ketones (excluding diaryl/α,β-unsaturated/α-hetero) is 1. The van der Waals surface area contributed by atoms with E-state index < -0.39 is 30.2 Å². The van der Waals surface area contributed by atoms with Gasteiger partial charge in [0.05, 0.1) is 17.1 Å². The zero-order chi connectivity index (χ0) is 29.1. The predicted octanol–water partition coefficient (Wildman–Crippen LogP) is 3.55. The van der Waals surface area contributed by atoms with E-state index in [-0.39, 0.29) is 49.0 Å². The number of aromatic nitrogens is 5. The van der Waals surface area contributed by atoms with Gasteiger partial charge in [-0.2, -0.15) is 0 Å². The van der Waals surface area contributed by atoms with Gasteiger partial charge >= 0.3 is 6.09 Å². The summed E-state index contributed by atoms with van der Waals surface area (Å²) in [7, 11) is 0. The Kier molecular flexibility index (Phi) is 8.10. The Morgan fingerprint density at radius 1 is 1.24 bits per heavy atom. The van der Waals surface area contributed by atoms with Gasteiger partial charge in [0.2, 0.25) is 5.91 Å². The number of tetrazole rings is 1. The topological polar surface area (TPSA) is 144 Å². The van der Waals surface area contributed by atoms with Crippen LogP contribution in [0.3, 0.4) is 0 Å². The molecule has 2 aromatic heterocycles. The highest BCUT2D eigenvalue weighted by Gasteiger charge is 2.38. The second-order valence-corrected chi connectivity index (χ2v) is 9.76. The summed E-state index contributed by atoms with van der Waals surface area (Å²) in [5.74, 6) is -0.572. The second-order valence-electron chi connectivity index (χ2n) is 9.35. The van der Waals surface area contributed by atoms with Gasteiger partial charge in [-0.15, -0.1) is 5.10 Å². The summed E-state index contributed by atoms with van der Waals surface area (Å²) in [4.78, 5) is 39.2. The number of hydrogen-bond acceptors (Lipinski definition) is 8. The number of fused-ring (bicyclic) bond motifs is 1. The van der Waals surface area contributed by atoms with Crippen LogP contribution in [-0.2, 0) is 29.2 Å². The zero-order valence-corrected chi connectivity index (χ0v) is 22.4. The van der Waals surface area contributed by atoms with Crippen LogP contribution in [0, 0.1) is 5.82 Å². The number of H-pyrrole nitrogens is 1. The average molecular weight is 588 g/mol.